The van der Waals surface area contributed by atoms with Crippen molar-refractivity contribution in [2.75, 3.05) is 0 Å². The Hall–Kier alpha value is 1.47. The summed E-state index contributed by atoms with van der Waals surface area (Å²) >= 11 is 0. The van der Waals surface area contributed by atoms with Crippen molar-refractivity contribution in [3.63, 3.8) is 0 Å². The molecule has 0 rings (SSSR count). The molecule has 4 nitrogen and oxygen atoms in total. The molecule has 0 aliphatic heterocycles. The molecule has 0 fully saturated rings. The minimum absolute atomic E-state index is 0. The van der Waals surface area contributed by atoms with E-state index in [1.807, 2.05) is 0 Å². The van der Waals surface area contributed by atoms with Gasteiger partial charge < -0.3 is 0 Å². The Kier molecular flexibility index (Phi) is 6.04. The SMILES string of the molecule is O=S(=O)(O)O.[Fr]. The van der Waals surface area contributed by atoms with Gasteiger partial charge in [0.15, 0.2) is 0 Å². The molecule has 0 aliphatic rings. The summed E-state index contributed by atoms with van der Waals surface area (Å²) in [6.45, 7) is 0. The molecule has 0 saturated carbocycles. The third kappa shape index (κ3) is 50.7. The molecule has 6 heteroatoms. The molecule has 0 unspecified atom stereocenters. The molecular weight excluding hydrogens is 319 g/mol. The zero-order chi connectivity index (χ0) is 4.50. The van der Waals surface area contributed by atoms with Gasteiger partial charge in [-0.05, 0) is 0 Å². The average molecular weight is 321 g/mol. The molecule has 6 heavy (non-hydrogen) atoms. The van der Waals surface area contributed by atoms with Gasteiger partial charge in [0.05, 0.1) is 0 Å². The Balaban J connectivity index is 0. The molecule has 0 aliphatic carbocycles. The van der Waals surface area contributed by atoms with Crippen LogP contribution in [0.15, 0.2) is 0 Å². The second kappa shape index (κ2) is 3.47. The van der Waals surface area contributed by atoms with E-state index in [1.165, 1.54) is 0 Å². The van der Waals surface area contributed by atoms with Gasteiger partial charge in [-0.3, -0.25) is 9.11 Å². The minimum Gasteiger partial charge on any atom is -0.264 e. The number of rotatable bonds is 0. The Morgan fingerprint density at radius 2 is 1.17 bits per heavy atom. The van der Waals surface area contributed by atoms with Crippen LogP contribution in [-0.2, 0) is 10.4 Å². The molecule has 0 atom stereocenters. The summed E-state index contributed by atoms with van der Waals surface area (Å²) in [5.74, 6) is 0. The van der Waals surface area contributed by atoms with Crippen molar-refractivity contribution >= 4 is 10.4 Å². The van der Waals surface area contributed by atoms with Gasteiger partial charge in [0, 0.05) is 49.9 Å². The molecule has 0 aromatic heterocycles. The fourth-order valence-electron chi connectivity index (χ4n) is 0. The first-order chi connectivity index (χ1) is 2.00. The van der Waals surface area contributed by atoms with E-state index < -0.39 is 10.4 Å². The predicted molar refractivity (Wildman–Crippen MR) is 14.2 cm³/mol. The third-order valence-electron chi connectivity index (χ3n) is 0. The van der Waals surface area contributed by atoms with Crippen LogP contribution in [0.4, 0.5) is 0 Å². The maximum absolute atomic E-state index is 8.74. The van der Waals surface area contributed by atoms with E-state index in [9.17, 15) is 0 Å². The second-order valence-corrected chi connectivity index (χ2v) is 1.34. The van der Waals surface area contributed by atoms with Crippen LogP contribution in [0.25, 0.3) is 0 Å². The fraction of sp³-hybridized carbons (Fsp3) is 0. The maximum Gasteiger partial charge on any atom is 0.394 e. The molecular formula is H2FrO4S. The van der Waals surface area contributed by atoms with Gasteiger partial charge in [0.1, 0.15) is 0 Å². The van der Waals surface area contributed by atoms with E-state index in [1.54, 1.807) is 0 Å². The summed E-state index contributed by atoms with van der Waals surface area (Å²) in [5.41, 5.74) is 0. The third-order valence-corrected chi connectivity index (χ3v) is 0. The van der Waals surface area contributed by atoms with Crippen molar-refractivity contribution in [1.82, 2.24) is 0 Å². The first kappa shape index (κ1) is 10.4. The van der Waals surface area contributed by atoms with Crippen molar-refractivity contribution < 1.29 is 67.4 Å². The Bertz CT molecular complexity index is 90.7. The molecule has 0 aromatic carbocycles. The summed E-state index contributed by atoms with van der Waals surface area (Å²) in [7, 11) is -4.67. The minimum atomic E-state index is -4.67. The summed E-state index contributed by atoms with van der Waals surface area (Å²) in [6.07, 6.45) is 0. The van der Waals surface area contributed by atoms with E-state index in [2.05, 4.69) is 0 Å². The van der Waals surface area contributed by atoms with Gasteiger partial charge in [-0.2, -0.15) is 8.42 Å². The molecule has 1 radical (unpaired) electrons. The van der Waals surface area contributed by atoms with Crippen LogP contribution in [0, 0.1) is 49.9 Å². The van der Waals surface area contributed by atoms with E-state index in [0.717, 1.165) is 0 Å². The molecule has 0 heterocycles. The average Bonchev–Trinajstić information content (AvgIpc) is 0.722. The van der Waals surface area contributed by atoms with Crippen LogP contribution in [-0.4, -0.2) is 17.5 Å². The van der Waals surface area contributed by atoms with Crippen LogP contribution < -0.4 is 0 Å². The normalized spacial score (nSPS) is 9.67. The van der Waals surface area contributed by atoms with Gasteiger partial charge >= 0.3 is 10.4 Å². The van der Waals surface area contributed by atoms with Crippen LogP contribution in [0.1, 0.15) is 0 Å². The van der Waals surface area contributed by atoms with Crippen molar-refractivity contribution in [2.45, 2.75) is 0 Å². The first-order valence-electron chi connectivity index (χ1n) is 0.698. The van der Waals surface area contributed by atoms with Crippen molar-refractivity contribution in [1.29, 1.82) is 0 Å². The molecule has 0 aromatic rings. The van der Waals surface area contributed by atoms with Crippen molar-refractivity contribution in [2.24, 2.45) is 0 Å². The smallest absolute Gasteiger partial charge is 0.264 e. The van der Waals surface area contributed by atoms with Crippen molar-refractivity contribution in [3.8, 4) is 0 Å². The molecule has 0 spiro atoms. The van der Waals surface area contributed by atoms with Crippen LogP contribution >= 0.6 is 0 Å². The van der Waals surface area contributed by atoms with Crippen LogP contribution in [0.2, 0.25) is 0 Å². The molecule has 0 saturated heterocycles. The Labute approximate surface area is 76.5 Å². The summed E-state index contributed by atoms with van der Waals surface area (Å²) < 4.78 is 31.6. The van der Waals surface area contributed by atoms with Crippen molar-refractivity contribution in [3.05, 3.63) is 0 Å². The van der Waals surface area contributed by atoms with Crippen LogP contribution in [0.3, 0.4) is 0 Å². The fourth-order valence-corrected chi connectivity index (χ4v) is 0. The number of hydrogen-bond donors (Lipinski definition) is 2. The molecule has 2 N–H and O–H groups in total. The Morgan fingerprint density at radius 1 is 1.17 bits per heavy atom. The predicted octanol–water partition coefficient (Wildman–Crippen LogP) is -0.653. The molecule has 0 bridgehead atoms. The van der Waals surface area contributed by atoms with Gasteiger partial charge in [0.2, 0.25) is 0 Å². The van der Waals surface area contributed by atoms with Gasteiger partial charge in [-0.15, -0.1) is 0 Å². The van der Waals surface area contributed by atoms with Crippen LogP contribution in [0.5, 0.6) is 0 Å². The standard InChI is InChI=1S/Fr.H2O4S/c;1-5(2,3)4/h;(H2,1,2,3,4). The molecule has 33 valence electrons. The topological polar surface area (TPSA) is 74.6 Å². The quantitative estimate of drug-likeness (QED) is 0.582. The molecule has 0 amide bonds. The van der Waals surface area contributed by atoms with Gasteiger partial charge in [-0.25, -0.2) is 0 Å². The summed E-state index contributed by atoms with van der Waals surface area (Å²) in [6, 6.07) is 0. The summed E-state index contributed by atoms with van der Waals surface area (Å²) in [4.78, 5) is 0. The van der Waals surface area contributed by atoms with Gasteiger partial charge in [-0.1, -0.05) is 0 Å². The monoisotopic (exact) mass is 321 g/mol. The second-order valence-electron chi connectivity index (χ2n) is 0.448. The van der Waals surface area contributed by atoms with E-state index >= 15 is 0 Å². The zero-order valence-corrected chi connectivity index (χ0v) is 12.2. The van der Waals surface area contributed by atoms with E-state index in [-0.39, 0.29) is 49.9 Å². The summed E-state index contributed by atoms with van der Waals surface area (Å²) in [5, 5.41) is 0. The maximum atomic E-state index is 8.74. The van der Waals surface area contributed by atoms with Gasteiger partial charge in [0.25, 0.3) is 0 Å². The van der Waals surface area contributed by atoms with E-state index in [4.69, 9.17) is 17.5 Å². The largest absolute Gasteiger partial charge is 0.394 e. The Morgan fingerprint density at radius 3 is 1.17 bits per heavy atom. The zero-order valence-electron chi connectivity index (χ0n) is 3.12. The van der Waals surface area contributed by atoms with E-state index in [0.29, 0.717) is 0 Å². The number of hydrogen-bond acceptors (Lipinski definition) is 2. The first-order valence-corrected chi connectivity index (χ1v) is 2.10.